The van der Waals surface area contributed by atoms with E-state index in [-0.39, 0.29) is 5.78 Å². The molecule has 0 aromatic carbocycles. The number of carbonyl (C=O) groups is 2. The number of hydrogen-bond donors (Lipinski definition) is 1. The monoisotopic (exact) mass is 243 g/mol. The van der Waals surface area contributed by atoms with Gasteiger partial charge in [0.05, 0.1) is 6.04 Å². The molecule has 4 nitrogen and oxygen atoms in total. The minimum atomic E-state index is -0.540. The zero-order chi connectivity index (χ0) is 13.6. The number of carbonyl (C=O) groups excluding carboxylic acids is 2. The molecule has 0 fully saturated rings. The zero-order valence-corrected chi connectivity index (χ0v) is 11.8. The lowest BCUT2D eigenvalue weighted by Crippen LogP contribution is -2.44. The number of nitrogens with one attached hydrogen (secondary N) is 1. The number of ketones is 1. The molecule has 0 radical (unpaired) electrons. The van der Waals surface area contributed by atoms with E-state index < -0.39 is 17.7 Å². The maximum atomic E-state index is 11.7. The molecular weight excluding hydrogens is 218 g/mol. The maximum Gasteiger partial charge on any atom is 0.408 e. The number of amides is 1. The Balaban J connectivity index is 4.43. The lowest BCUT2D eigenvalue weighted by atomic mass is 9.99. The lowest BCUT2D eigenvalue weighted by molar-refractivity contribution is -0.121. The highest BCUT2D eigenvalue weighted by atomic mass is 16.6. The molecular formula is C13H25NO3. The maximum absolute atomic E-state index is 11.7. The van der Waals surface area contributed by atoms with Gasteiger partial charge in [0.1, 0.15) is 5.60 Å². The summed E-state index contributed by atoms with van der Waals surface area (Å²) in [6, 6.07) is -0.435. The quantitative estimate of drug-likeness (QED) is 0.807. The highest BCUT2D eigenvalue weighted by Gasteiger charge is 2.23. The average molecular weight is 243 g/mol. The third-order valence-electron chi connectivity index (χ3n) is 2.14. The Morgan fingerprint density at radius 3 is 2.12 bits per heavy atom. The van der Waals surface area contributed by atoms with Gasteiger partial charge in [-0.25, -0.2) is 4.79 Å². The minimum Gasteiger partial charge on any atom is -0.444 e. The number of ether oxygens (including phenoxy) is 1. The first-order chi connectivity index (χ1) is 7.65. The van der Waals surface area contributed by atoms with Crippen molar-refractivity contribution in [2.75, 3.05) is 0 Å². The second-order valence-electron chi connectivity index (χ2n) is 5.65. The fraction of sp³-hybridized carbons (Fsp3) is 0.846. The van der Waals surface area contributed by atoms with Gasteiger partial charge in [-0.15, -0.1) is 0 Å². The average Bonchev–Trinajstić information content (AvgIpc) is 2.11. The summed E-state index contributed by atoms with van der Waals surface area (Å²) in [5.74, 6) is 0.398. The smallest absolute Gasteiger partial charge is 0.408 e. The van der Waals surface area contributed by atoms with Crippen LogP contribution in [0.4, 0.5) is 4.79 Å². The molecule has 0 spiro atoms. The number of rotatable bonds is 5. The Morgan fingerprint density at radius 1 is 1.24 bits per heavy atom. The van der Waals surface area contributed by atoms with Crippen LogP contribution in [-0.2, 0) is 9.53 Å². The van der Waals surface area contributed by atoms with Crippen LogP contribution in [0.25, 0.3) is 0 Å². The molecule has 0 aliphatic carbocycles. The molecule has 4 heteroatoms. The van der Waals surface area contributed by atoms with Crippen molar-refractivity contribution in [3.63, 3.8) is 0 Å². The Kier molecular flexibility index (Phi) is 6.21. The molecule has 1 unspecified atom stereocenters. The minimum absolute atomic E-state index is 0.0459. The SMILES string of the molecule is CCC(=O)C(CC(C)C)NC(=O)OC(C)(C)C. The summed E-state index contributed by atoms with van der Waals surface area (Å²) in [5, 5.41) is 2.64. The number of alkyl carbamates (subject to hydrolysis) is 1. The third-order valence-corrected chi connectivity index (χ3v) is 2.14. The van der Waals surface area contributed by atoms with Gasteiger partial charge in [0, 0.05) is 6.42 Å². The van der Waals surface area contributed by atoms with Crippen molar-refractivity contribution < 1.29 is 14.3 Å². The molecule has 0 heterocycles. The van der Waals surface area contributed by atoms with Gasteiger partial charge in [-0.3, -0.25) is 4.79 Å². The summed E-state index contributed by atoms with van der Waals surface area (Å²) in [5.41, 5.74) is -0.540. The molecule has 1 atom stereocenters. The molecule has 1 amide bonds. The summed E-state index contributed by atoms with van der Waals surface area (Å²) < 4.78 is 5.14. The van der Waals surface area contributed by atoms with Crippen LogP contribution >= 0.6 is 0 Å². The van der Waals surface area contributed by atoms with E-state index in [1.165, 1.54) is 0 Å². The topological polar surface area (TPSA) is 55.4 Å². The van der Waals surface area contributed by atoms with Crippen LogP contribution in [-0.4, -0.2) is 23.5 Å². The third kappa shape index (κ3) is 7.77. The molecule has 0 saturated heterocycles. The Morgan fingerprint density at radius 2 is 1.76 bits per heavy atom. The number of Topliss-reactive ketones (excluding diaryl/α,β-unsaturated/α-hetero) is 1. The van der Waals surface area contributed by atoms with Crippen LogP contribution in [0.1, 0.15) is 54.4 Å². The number of hydrogen-bond acceptors (Lipinski definition) is 3. The highest BCUT2D eigenvalue weighted by molar-refractivity contribution is 5.87. The Hall–Kier alpha value is -1.06. The molecule has 100 valence electrons. The van der Waals surface area contributed by atoms with Gasteiger partial charge in [-0.2, -0.15) is 0 Å². The van der Waals surface area contributed by atoms with Gasteiger partial charge >= 0.3 is 6.09 Å². The van der Waals surface area contributed by atoms with E-state index in [1.807, 2.05) is 13.8 Å². The van der Waals surface area contributed by atoms with Crippen molar-refractivity contribution >= 4 is 11.9 Å². The first-order valence-electron chi connectivity index (χ1n) is 6.18. The summed E-state index contributed by atoms with van der Waals surface area (Å²) in [6.45, 7) is 11.2. The standard InChI is InChI=1S/C13H25NO3/c1-7-11(15)10(8-9(2)3)14-12(16)17-13(4,5)6/h9-10H,7-8H2,1-6H3,(H,14,16). The van der Waals surface area contributed by atoms with Gasteiger partial charge in [0.15, 0.2) is 5.78 Å². The van der Waals surface area contributed by atoms with Crippen LogP contribution < -0.4 is 5.32 Å². The molecule has 1 N–H and O–H groups in total. The van der Waals surface area contributed by atoms with Crippen LogP contribution in [0.15, 0.2) is 0 Å². The van der Waals surface area contributed by atoms with Crippen molar-refractivity contribution in [1.29, 1.82) is 0 Å². The van der Waals surface area contributed by atoms with E-state index in [0.29, 0.717) is 18.8 Å². The predicted molar refractivity (Wildman–Crippen MR) is 67.9 cm³/mol. The molecule has 0 aromatic rings. The highest BCUT2D eigenvalue weighted by Crippen LogP contribution is 2.10. The predicted octanol–water partition coefficient (Wildman–Crippen LogP) is 2.90. The van der Waals surface area contributed by atoms with E-state index in [9.17, 15) is 9.59 Å². The Bertz CT molecular complexity index is 266. The van der Waals surface area contributed by atoms with Crippen molar-refractivity contribution in [2.45, 2.75) is 66.0 Å². The lowest BCUT2D eigenvalue weighted by Gasteiger charge is -2.23. The fourth-order valence-corrected chi connectivity index (χ4v) is 1.44. The largest absolute Gasteiger partial charge is 0.444 e. The van der Waals surface area contributed by atoms with Crippen LogP contribution in [0, 0.1) is 5.92 Å². The summed E-state index contributed by atoms with van der Waals surface area (Å²) in [6.07, 6.45) is 0.545. The van der Waals surface area contributed by atoms with E-state index in [4.69, 9.17) is 4.74 Å². The van der Waals surface area contributed by atoms with E-state index >= 15 is 0 Å². The summed E-state index contributed by atoms with van der Waals surface area (Å²) >= 11 is 0. The molecule has 0 rings (SSSR count). The van der Waals surface area contributed by atoms with E-state index in [2.05, 4.69) is 5.32 Å². The van der Waals surface area contributed by atoms with Crippen molar-refractivity contribution in [1.82, 2.24) is 5.32 Å². The fourth-order valence-electron chi connectivity index (χ4n) is 1.44. The molecule has 0 aromatic heterocycles. The molecule has 0 aliphatic rings. The molecule has 17 heavy (non-hydrogen) atoms. The van der Waals surface area contributed by atoms with Crippen LogP contribution in [0.5, 0.6) is 0 Å². The summed E-state index contributed by atoms with van der Waals surface area (Å²) in [4.78, 5) is 23.3. The molecule has 0 bridgehead atoms. The normalized spacial score (nSPS) is 13.4. The van der Waals surface area contributed by atoms with Gasteiger partial charge in [0.2, 0.25) is 0 Å². The van der Waals surface area contributed by atoms with Gasteiger partial charge in [0.25, 0.3) is 0 Å². The van der Waals surface area contributed by atoms with E-state index in [1.54, 1.807) is 27.7 Å². The van der Waals surface area contributed by atoms with Crippen molar-refractivity contribution in [3.8, 4) is 0 Å². The first-order valence-corrected chi connectivity index (χ1v) is 6.18. The molecule has 0 aliphatic heterocycles. The van der Waals surface area contributed by atoms with E-state index in [0.717, 1.165) is 0 Å². The second kappa shape index (κ2) is 6.62. The summed E-state index contributed by atoms with van der Waals surface area (Å²) in [7, 11) is 0. The van der Waals surface area contributed by atoms with Gasteiger partial charge in [-0.05, 0) is 33.1 Å². The van der Waals surface area contributed by atoms with Crippen LogP contribution in [0.2, 0.25) is 0 Å². The van der Waals surface area contributed by atoms with Gasteiger partial charge in [-0.1, -0.05) is 20.8 Å². The zero-order valence-electron chi connectivity index (χ0n) is 11.8. The van der Waals surface area contributed by atoms with Crippen LogP contribution in [0.3, 0.4) is 0 Å². The first kappa shape index (κ1) is 15.9. The van der Waals surface area contributed by atoms with Crippen molar-refractivity contribution in [3.05, 3.63) is 0 Å². The second-order valence-corrected chi connectivity index (χ2v) is 5.65. The van der Waals surface area contributed by atoms with Gasteiger partial charge < -0.3 is 10.1 Å². The van der Waals surface area contributed by atoms with Crippen molar-refractivity contribution in [2.24, 2.45) is 5.92 Å². The Labute approximate surface area is 104 Å². The molecule has 0 saturated carbocycles.